The number of aryl methyl sites for hydroxylation is 1. The summed E-state index contributed by atoms with van der Waals surface area (Å²) in [6.45, 7) is 5.15. The smallest absolute Gasteiger partial charge is 0.338 e. The maximum absolute atomic E-state index is 12.8. The molecule has 1 aliphatic heterocycles. The number of nitrogens with zero attached hydrogens (tertiary/aromatic N) is 1. The van der Waals surface area contributed by atoms with Gasteiger partial charge >= 0.3 is 11.9 Å². The number of rotatable bonds is 8. The van der Waals surface area contributed by atoms with Crippen molar-refractivity contribution in [1.29, 1.82) is 0 Å². The third-order valence-corrected chi connectivity index (χ3v) is 5.49. The van der Waals surface area contributed by atoms with Crippen LogP contribution in [0.5, 0.6) is 0 Å². The summed E-state index contributed by atoms with van der Waals surface area (Å²) in [5, 5.41) is 30.2. The lowest BCUT2D eigenvalue weighted by Gasteiger charge is -2.38. The van der Waals surface area contributed by atoms with Gasteiger partial charge in [-0.2, -0.15) is 0 Å². The maximum atomic E-state index is 12.8. The molecule has 3 N–H and O–H groups in total. The first-order chi connectivity index (χ1) is 16.1. The standard InChI is InChI=1S/C24H27NO9/c1-4-11-32-23(31)22-20(29)19(28)21(30)24(34-22)33-17(26)12-15-9-10-16(25(15)3)18(27)14-7-5-13(2)6-8-14/h4-10,19-22,24,28-30H,1,11-12H2,2-3H3/t19-,20-,21+,22-,24+/m0/s1. The van der Waals surface area contributed by atoms with Crippen molar-refractivity contribution in [2.45, 2.75) is 44.1 Å². The Morgan fingerprint density at radius 3 is 2.38 bits per heavy atom. The second kappa shape index (κ2) is 10.7. The van der Waals surface area contributed by atoms with Gasteiger partial charge in [0.2, 0.25) is 12.1 Å². The topological polar surface area (TPSA) is 145 Å². The Balaban J connectivity index is 1.67. The molecule has 2 heterocycles. The fourth-order valence-electron chi connectivity index (χ4n) is 3.49. The Labute approximate surface area is 196 Å². The van der Waals surface area contributed by atoms with Gasteiger partial charge in [-0.3, -0.25) is 9.59 Å². The molecule has 0 radical (unpaired) electrons. The van der Waals surface area contributed by atoms with Crippen molar-refractivity contribution in [3.05, 3.63) is 71.6 Å². The minimum absolute atomic E-state index is 0.161. The monoisotopic (exact) mass is 473 g/mol. The summed E-state index contributed by atoms with van der Waals surface area (Å²) in [5.41, 5.74) is 2.34. The number of aromatic nitrogens is 1. The van der Waals surface area contributed by atoms with Crippen LogP contribution in [0, 0.1) is 6.92 Å². The van der Waals surface area contributed by atoms with Crippen molar-refractivity contribution in [1.82, 2.24) is 4.57 Å². The molecular formula is C24H27NO9. The summed E-state index contributed by atoms with van der Waals surface area (Å²) >= 11 is 0. The second-order valence-electron chi connectivity index (χ2n) is 7.95. The van der Waals surface area contributed by atoms with E-state index in [1.54, 1.807) is 35.9 Å². The molecule has 3 rings (SSSR count). The summed E-state index contributed by atoms with van der Waals surface area (Å²) in [6, 6.07) is 10.3. The maximum Gasteiger partial charge on any atom is 0.338 e. The molecule has 0 aliphatic carbocycles. The summed E-state index contributed by atoms with van der Waals surface area (Å²) < 4.78 is 16.7. The van der Waals surface area contributed by atoms with Crippen LogP contribution in [0.25, 0.3) is 0 Å². The predicted molar refractivity (Wildman–Crippen MR) is 118 cm³/mol. The number of aliphatic hydroxyl groups is 3. The molecule has 0 unspecified atom stereocenters. The Morgan fingerprint density at radius 2 is 1.74 bits per heavy atom. The molecule has 182 valence electrons. The highest BCUT2D eigenvalue weighted by atomic mass is 16.7. The van der Waals surface area contributed by atoms with Crippen LogP contribution in [0.4, 0.5) is 0 Å². The third kappa shape index (κ3) is 5.42. The lowest BCUT2D eigenvalue weighted by atomic mass is 9.99. The zero-order chi connectivity index (χ0) is 25.0. The molecule has 1 fully saturated rings. The van der Waals surface area contributed by atoms with E-state index in [0.29, 0.717) is 17.0 Å². The molecule has 0 saturated carbocycles. The SMILES string of the molecule is C=CCOC(=O)[C@H]1O[C@@H](OC(=O)Cc2ccc(C(=O)c3ccc(C)cc3)n2C)[C@H](O)[C@@H](O)[C@@H]1O. The average Bonchev–Trinajstić information content (AvgIpc) is 3.17. The minimum atomic E-state index is -1.82. The summed E-state index contributed by atoms with van der Waals surface area (Å²) in [6.07, 6.45) is -7.78. The number of aliphatic hydroxyl groups excluding tert-OH is 3. The van der Waals surface area contributed by atoms with Crippen molar-refractivity contribution in [2.75, 3.05) is 6.61 Å². The van der Waals surface area contributed by atoms with Crippen molar-refractivity contribution >= 4 is 17.7 Å². The van der Waals surface area contributed by atoms with Crippen molar-refractivity contribution in [3.8, 4) is 0 Å². The van der Waals surface area contributed by atoms with Crippen LogP contribution in [0.1, 0.15) is 27.3 Å². The molecule has 0 amide bonds. The van der Waals surface area contributed by atoms with Crippen LogP contribution in [0.15, 0.2) is 49.1 Å². The molecule has 1 aromatic carbocycles. The summed E-state index contributed by atoms with van der Waals surface area (Å²) in [5.74, 6) is -2.08. The van der Waals surface area contributed by atoms with Gasteiger partial charge in [0.25, 0.3) is 0 Å². The third-order valence-electron chi connectivity index (χ3n) is 5.49. The Bertz CT molecular complexity index is 1060. The summed E-state index contributed by atoms with van der Waals surface area (Å²) in [7, 11) is 1.63. The van der Waals surface area contributed by atoms with Gasteiger partial charge < -0.3 is 34.1 Å². The first kappa shape index (κ1) is 25.3. The van der Waals surface area contributed by atoms with Gasteiger partial charge in [-0.25, -0.2) is 4.79 Å². The molecule has 10 nitrogen and oxygen atoms in total. The molecule has 1 aliphatic rings. The highest BCUT2D eigenvalue weighted by molar-refractivity contribution is 6.08. The Kier molecular flexibility index (Phi) is 8.00. The van der Waals surface area contributed by atoms with Gasteiger partial charge in [-0.15, -0.1) is 0 Å². The molecule has 1 saturated heterocycles. The van der Waals surface area contributed by atoms with Gasteiger partial charge in [-0.1, -0.05) is 42.5 Å². The van der Waals surface area contributed by atoms with Gasteiger partial charge in [-0.05, 0) is 19.1 Å². The number of esters is 2. The number of hydrogen-bond acceptors (Lipinski definition) is 9. The molecule has 0 spiro atoms. The van der Waals surface area contributed by atoms with Crippen molar-refractivity contribution in [3.63, 3.8) is 0 Å². The van der Waals surface area contributed by atoms with Gasteiger partial charge in [0, 0.05) is 18.3 Å². The van der Waals surface area contributed by atoms with E-state index in [1.165, 1.54) is 6.08 Å². The van der Waals surface area contributed by atoms with E-state index < -0.39 is 42.6 Å². The average molecular weight is 473 g/mol. The lowest BCUT2D eigenvalue weighted by molar-refractivity contribution is -0.287. The van der Waals surface area contributed by atoms with Crippen LogP contribution in [0.3, 0.4) is 0 Å². The molecule has 0 bridgehead atoms. The van der Waals surface area contributed by atoms with E-state index in [1.807, 2.05) is 19.1 Å². The minimum Gasteiger partial charge on any atom is -0.459 e. The van der Waals surface area contributed by atoms with Crippen molar-refractivity contribution < 1.29 is 43.9 Å². The molecular weight excluding hydrogens is 446 g/mol. The largest absolute Gasteiger partial charge is 0.459 e. The number of carbonyl (C=O) groups excluding carboxylic acids is 3. The zero-order valence-corrected chi connectivity index (χ0v) is 18.8. The summed E-state index contributed by atoms with van der Waals surface area (Å²) in [4.78, 5) is 37.4. The van der Waals surface area contributed by atoms with Crippen LogP contribution < -0.4 is 0 Å². The number of ether oxygens (including phenoxy) is 3. The highest BCUT2D eigenvalue weighted by Gasteiger charge is 2.49. The molecule has 1 aromatic heterocycles. The van der Waals surface area contributed by atoms with E-state index in [-0.39, 0.29) is 18.8 Å². The zero-order valence-electron chi connectivity index (χ0n) is 18.8. The van der Waals surface area contributed by atoms with E-state index in [9.17, 15) is 29.7 Å². The number of ketones is 1. The number of carbonyl (C=O) groups is 3. The van der Waals surface area contributed by atoms with Gasteiger partial charge in [0.05, 0.1) is 12.1 Å². The van der Waals surface area contributed by atoms with Crippen LogP contribution in [-0.2, 0) is 37.3 Å². The Morgan fingerprint density at radius 1 is 1.06 bits per heavy atom. The number of hydrogen-bond donors (Lipinski definition) is 3. The van der Waals surface area contributed by atoms with Crippen molar-refractivity contribution in [2.24, 2.45) is 7.05 Å². The quantitative estimate of drug-likeness (QED) is 0.278. The molecule has 10 heteroatoms. The second-order valence-corrected chi connectivity index (χ2v) is 7.95. The highest BCUT2D eigenvalue weighted by Crippen LogP contribution is 2.24. The van der Waals surface area contributed by atoms with E-state index in [0.717, 1.165) is 5.56 Å². The number of benzene rings is 1. The van der Waals surface area contributed by atoms with E-state index in [4.69, 9.17) is 14.2 Å². The van der Waals surface area contributed by atoms with E-state index in [2.05, 4.69) is 6.58 Å². The first-order valence-electron chi connectivity index (χ1n) is 10.6. The molecule has 2 aromatic rings. The van der Waals surface area contributed by atoms with Crippen LogP contribution in [0.2, 0.25) is 0 Å². The normalized spacial score (nSPS) is 24.3. The van der Waals surface area contributed by atoms with Crippen LogP contribution in [-0.4, -0.2) is 74.9 Å². The first-order valence-corrected chi connectivity index (χ1v) is 10.6. The molecule has 5 atom stereocenters. The Hall–Kier alpha value is -3.31. The molecule has 34 heavy (non-hydrogen) atoms. The van der Waals surface area contributed by atoms with Crippen LogP contribution >= 0.6 is 0 Å². The van der Waals surface area contributed by atoms with E-state index >= 15 is 0 Å². The predicted octanol–water partition coefficient (Wildman–Crippen LogP) is 0.187. The fourth-order valence-corrected chi connectivity index (χ4v) is 3.49. The van der Waals surface area contributed by atoms with Gasteiger partial charge in [0.1, 0.15) is 24.9 Å². The lowest BCUT2D eigenvalue weighted by Crippen LogP contribution is -2.61. The fraction of sp³-hybridized carbons (Fsp3) is 0.375. The van der Waals surface area contributed by atoms with Gasteiger partial charge in [0.15, 0.2) is 6.10 Å².